The Morgan fingerprint density at radius 3 is 2.68 bits per heavy atom. The van der Waals surface area contributed by atoms with Crippen LogP contribution >= 0.6 is 0 Å². The molecule has 1 N–H and O–H groups in total. The number of rotatable bonds is 7. The molecule has 0 saturated heterocycles. The van der Waals surface area contributed by atoms with Crippen LogP contribution in [0, 0.1) is 17.0 Å². The Bertz CT molecular complexity index is 435. The van der Waals surface area contributed by atoms with Gasteiger partial charge in [0.15, 0.2) is 0 Å². The van der Waals surface area contributed by atoms with Gasteiger partial charge in [0.2, 0.25) is 0 Å². The van der Waals surface area contributed by atoms with Crippen LogP contribution in [0.1, 0.15) is 50.8 Å². The summed E-state index contributed by atoms with van der Waals surface area (Å²) in [5.41, 5.74) is 1.55. The third kappa shape index (κ3) is 3.99. The molecule has 2 atom stereocenters. The topological polar surface area (TPSA) is 68.1 Å². The Balaban J connectivity index is 2.94. The highest BCUT2D eigenvalue weighted by Crippen LogP contribution is 2.25. The molecule has 2 unspecified atom stereocenters. The molecule has 106 valence electrons. The van der Waals surface area contributed by atoms with Gasteiger partial charge in [0, 0.05) is 29.8 Å². The summed E-state index contributed by atoms with van der Waals surface area (Å²) in [6, 6.07) is 1.91. The van der Waals surface area contributed by atoms with E-state index in [4.69, 9.17) is 0 Å². The molecule has 0 amide bonds. The largest absolute Gasteiger partial charge is 0.313 e. The van der Waals surface area contributed by atoms with Crippen LogP contribution in [-0.2, 0) is 0 Å². The molecule has 0 fully saturated rings. The molecule has 0 bridgehead atoms. The zero-order chi connectivity index (χ0) is 14.4. The van der Waals surface area contributed by atoms with Gasteiger partial charge >= 0.3 is 0 Å². The van der Waals surface area contributed by atoms with Crippen molar-refractivity contribution in [3.05, 3.63) is 33.6 Å². The highest BCUT2D eigenvalue weighted by Gasteiger charge is 2.21. The first-order valence-corrected chi connectivity index (χ1v) is 6.85. The average molecular weight is 265 g/mol. The summed E-state index contributed by atoms with van der Waals surface area (Å²) in [5.74, 6) is 0.163. The Labute approximate surface area is 114 Å². The molecule has 1 rings (SSSR count). The van der Waals surface area contributed by atoms with Crippen LogP contribution < -0.4 is 5.32 Å². The Hall–Kier alpha value is -1.49. The van der Waals surface area contributed by atoms with Crippen LogP contribution in [0.3, 0.4) is 0 Å². The third-order valence-electron chi connectivity index (χ3n) is 3.46. The van der Waals surface area contributed by atoms with E-state index in [9.17, 15) is 10.1 Å². The highest BCUT2D eigenvalue weighted by atomic mass is 16.6. The molecular weight excluding hydrogens is 242 g/mol. The standard InChI is InChI=1S/C14H23N3O2/c1-5-7-15-12(6-2)11(4)13-8-14(17(18)19)10(3)9-16-13/h8-9,11-12,15H,5-7H2,1-4H3. The molecule has 19 heavy (non-hydrogen) atoms. The number of aryl methyl sites for hydroxylation is 1. The number of pyridine rings is 1. The van der Waals surface area contributed by atoms with Crippen LogP contribution in [0.25, 0.3) is 0 Å². The van der Waals surface area contributed by atoms with E-state index in [2.05, 4.69) is 31.1 Å². The fraction of sp³-hybridized carbons (Fsp3) is 0.643. The van der Waals surface area contributed by atoms with Crippen LogP contribution in [0.2, 0.25) is 0 Å². The number of aromatic nitrogens is 1. The van der Waals surface area contributed by atoms with E-state index in [1.807, 2.05) is 0 Å². The lowest BCUT2D eigenvalue weighted by Crippen LogP contribution is -2.34. The minimum atomic E-state index is -0.340. The van der Waals surface area contributed by atoms with E-state index in [1.54, 1.807) is 19.2 Å². The summed E-state index contributed by atoms with van der Waals surface area (Å²) < 4.78 is 0. The van der Waals surface area contributed by atoms with Crippen molar-refractivity contribution >= 4 is 5.69 Å². The van der Waals surface area contributed by atoms with Gasteiger partial charge in [-0.2, -0.15) is 0 Å². The van der Waals surface area contributed by atoms with Gasteiger partial charge in [-0.25, -0.2) is 0 Å². The van der Waals surface area contributed by atoms with Crippen LogP contribution in [-0.4, -0.2) is 22.5 Å². The quantitative estimate of drug-likeness (QED) is 0.607. The predicted octanol–water partition coefficient (Wildman–Crippen LogP) is 3.18. The van der Waals surface area contributed by atoms with Crippen molar-refractivity contribution in [3.63, 3.8) is 0 Å². The van der Waals surface area contributed by atoms with E-state index in [1.165, 1.54) is 0 Å². The fourth-order valence-corrected chi connectivity index (χ4v) is 2.18. The molecular formula is C14H23N3O2. The number of hydrogen-bond donors (Lipinski definition) is 1. The maximum absolute atomic E-state index is 11.0. The summed E-state index contributed by atoms with van der Waals surface area (Å²) in [6.45, 7) is 8.98. The molecule has 0 aliphatic rings. The summed E-state index contributed by atoms with van der Waals surface area (Å²) in [7, 11) is 0. The molecule has 5 heteroatoms. The van der Waals surface area contributed by atoms with Gasteiger partial charge in [0.05, 0.1) is 10.6 Å². The molecule has 0 saturated carbocycles. The van der Waals surface area contributed by atoms with Gasteiger partial charge in [0.25, 0.3) is 5.69 Å². The van der Waals surface area contributed by atoms with Crippen molar-refractivity contribution in [1.82, 2.24) is 10.3 Å². The van der Waals surface area contributed by atoms with Gasteiger partial charge in [-0.3, -0.25) is 15.1 Å². The number of hydrogen-bond acceptors (Lipinski definition) is 4. The molecule has 5 nitrogen and oxygen atoms in total. The predicted molar refractivity (Wildman–Crippen MR) is 76.4 cm³/mol. The maximum Gasteiger partial charge on any atom is 0.275 e. The first kappa shape index (κ1) is 15.6. The second kappa shape index (κ2) is 7.19. The smallest absolute Gasteiger partial charge is 0.275 e. The summed E-state index contributed by atoms with van der Waals surface area (Å²) >= 11 is 0. The minimum absolute atomic E-state index is 0.155. The van der Waals surface area contributed by atoms with Crippen LogP contribution in [0.5, 0.6) is 0 Å². The fourth-order valence-electron chi connectivity index (χ4n) is 2.18. The van der Waals surface area contributed by atoms with E-state index in [-0.39, 0.29) is 16.5 Å². The molecule has 0 aromatic carbocycles. The first-order chi connectivity index (χ1) is 9.01. The van der Waals surface area contributed by atoms with Gasteiger partial charge in [-0.05, 0) is 26.3 Å². The van der Waals surface area contributed by atoms with Crippen molar-refractivity contribution in [2.24, 2.45) is 0 Å². The van der Waals surface area contributed by atoms with Gasteiger partial charge < -0.3 is 5.32 Å². The van der Waals surface area contributed by atoms with Crippen LogP contribution in [0.4, 0.5) is 5.69 Å². The average Bonchev–Trinajstić information content (AvgIpc) is 2.39. The maximum atomic E-state index is 11.0. The lowest BCUT2D eigenvalue weighted by Gasteiger charge is -2.23. The highest BCUT2D eigenvalue weighted by molar-refractivity contribution is 5.39. The third-order valence-corrected chi connectivity index (χ3v) is 3.46. The van der Waals surface area contributed by atoms with E-state index in [0.717, 1.165) is 25.1 Å². The van der Waals surface area contributed by atoms with Crippen molar-refractivity contribution in [1.29, 1.82) is 0 Å². The lowest BCUT2D eigenvalue weighted by atomic mass is 9.95. The van der Waals surface area contributed by atoms with Gasteiger partial charge in [-0.1, -0.05) is 20.8 Å². The van der Waals surface area contributed by atoms with Crippen LogP contribution in [0.15, 0.2) is 12.3 Å². The molecule has 0 aliphatic heterocycles. The van der Waals surface area contributed by atoms with E-state index >= 15 is 0 Å². The first-order valence-electron chi connectivity index (χ1n) is 6.85. The van der Waals surface area contributed by atoms with Gasteiger partial charge in [-0.15, -0.1) is 0 Å². The van der Waals surface area contributed by atoms with E-state index < -0.39 is 0 Å². The Kier molecular flexibility index (Phi) is 5.89. The normalized spacial score (nSPS) is 14.1. The van der Waals surface area contributed by atoms with Crippen molar-refractivity contribution in [2.45, 2.75) is 52.5 Å². The van der Waals surface area contributed by atoms with Gasteiger partial charge in [0.1, 0.15) is 0 Å². The number of nitro groups is 1. The van der Waals surface area contributed by atoms with Crippen molar-refractivity contribution < 1.29 is 4.92 Å². The summed E-state index contributed by atoms with van der Waals surface area (Å²) in [5, 5.41) is 14.4. The summed E-state index contributed by atoms with van der Waals surface area (Å²) in [6.07, 6.45) is 3.64. The van der Waals surface area contributed by atoms with Crippen molar-refractivity contribution in [3.8, 4) is 0 Å². The second-order valence-electron chi connectivity index (χ2n) is 4.91. The monoisotopic (exact) mass is 265 g/mol. The molecule has 0 aliphatic carbocycles. The second-order valence-corrected chi connectivity index (χ2v) is 4.91. The molecule has 1 heterocycles. The molecule has 1 aromatic rings. The lowest BCUT2D eigenvalue weighted by molar-refractivity contribution is -0.385. The minimum Gasteiger partial charge on any atom is -0.313 e. The summed E-state index contributed by atoms with van der Waals surface area (Å²) in [4.78, 5) is 15.0. The molecule has 0 radical (unpaired) electrons. The molecule has 0 spiro atoms. The molecule has 1 aromatic heterocycles. The Morgan fingerprint density at radius 2 is 2.16 bits per heavy atom. The zero-order valence-corrected chi connectivity index (χ0v) is 12.1. The zero-order valence-electron chi connectivity index (χ0n) is 12.1. The van der Waals surface area contributed by atoms with E-state index in [0.29, 0.717) is 11.6 Å². The number of nitrogens with one attached hydrogen (secondary N) is 1. The van der Waals surface area contributed by atoms with Crippen molar-refractivity contribution in [2.75, 3.05) is 6.54 Å². The SMILES string of the molecule is CCCNC(CC)C(C)c1cc([N+](=O)[O-])c(C)cn1. The number of nitrogens with zero attached hydrogens (tertiary/aromatic N) is 2. The Morgan fingerprint density at radius 1 is 1.47 bits per heavy atom.